The van der Waals surface area contributed by atoms with Crippen molar-refractivity contribution < 1.29 is 9.47 Å². The molecule has 0 amide bonds. The van der Waals surface area contributed by atoms with Gasteiger partial charge in [0, 0.05) is 26.4 Å². The summed E-state index contributed by atoms with van der Waals surface area (Å²) < 4.78 is 11.1. The first-order valence-electron chi connectivity index (χ1n) is 8.57. The number of rotatable bonds is 16. The van der Waals surface area contributed by atoms with Crippen LogP contribution in [0.2, 0.25) is 0 Å². The molecule has 0 aliphatic rings. The van der Waals surface area contributed by atoms with Crippen LogP contribution in [0.1, 0.15) is 84.5 Å². The molecule has 2 heteroatoms. The van der Waals surface area contributed by atoms with Crippen molar-refractivity contribution >= 4 is 0 Å². The molecule has 0 bridgehead atoms. The second-order valence-electron chi connectivity index (χ2n) is 5.41. The summed E-state index contributed by atoms with van der Waals surface area (Å²) in [5.74, 6) is 0. The summed E-state index contributed by atoms with van der Waals surface area (Å²) in [5.41, 5.74) is 0. The topological polar surface area (TPSA) is 18.5 Å². The minimum Gasteiger partial charge on any atom is -0.381 e. The predicted octanol–water partition coefficient (Wildman–Crippen LogP) is 5.35. The maximum atomic E-state index is 5.63. The molecule has 0 saturated heterocycles. The molecule has 0 N–H and O–H groups in total. The van der Waals surface area contributed by atoms with Crippen LogP contribution in [0.3, 0.4) is 0 Å². The third-order valence-corrected chi connectivity index (χ3v) is 3.36. The Labute approximate surface area is 121 Å². The van der Waals surface area contributed by atoms with Crippen molar-refractivity contribution in [2.75, 3.05) is 26.4 Å². The molecule has 0 spiro atoms. The first kappa shape index (κ1) is 18.9. The van der Waals surface area contributed by atoms with Crippen LogP contribution in [0.5, 0.6) is 0 Å². The molecule has 0 saturated carbocycles. The van der Waals surface area contributed by atoms with Crippen molar-refractivity contribution in [2.45, 2.75) is 84.5 Å². The largest absolute Gasteiger partial charge is 0.381 e. The molecule has 0 aromatic rings. The van der Waals surface area contributed by atoms with Crippen molar-refractivity contribution in [3.63, 3.8) is 0 Å². The van der Waals surface area contributed by atoms with Gasteiger partial charge in [-0.3, -0.25) is 0 Å². The minimum absolute atomic E-state index is 0.904. The quantitative estimate of drug-likeness (QED) is 0.353. The molecule has 2 nitrogen and oxygen atoms in total. The van der Waals surface area contributed by atoms with Gasteiger partial charge in [-0.15, -0.1) is 0 Å². The van der Waals surface area contributed by atoms with Gasteiger partial charge in [0.1, 0.15) is 0 Å². The molecule has 0 aliphatic heterocycles. The molecule has 0 aliphatic carbocycles. The standard InChI is InChI=1S/C17H36O2/c1-3-5-7-8-9-10-11-15-19-17-13-12-16-18-14-6-4-2/h3-17H2,1-2H3. The number of ether oxygens (including phenoxy) is 2. The van der Waals surface area contributed by atoms with Crippen molar-refractivity contribution in [1.82, 2.24) is 0 Å². The highest BCUT2D eigenvalue weighted by Crippen LogP contribution is 2.06. The zero-order chi connectivity index (χ0) is 14.0. The maximum Gasteiger partial charge on any atom is 0.0466 e. The summed E-state index contributed by atoms with van der Waals surface area (Å²) in [6.45, 7) is 8.15. The highest BCUT2D eigenvalue weighted by atomic mass is 16.5. The van der Waals surface area contributed by atoms with E-state index in [1.54, 1.807) is 0 Å². The smallest absolute Gasteiger partial charge is 0.0466 e. The van der Waals surface area contributed by atoms with E-state index in [0.29, 0.717) is 0 Å². The van der Waals surface area contributed by atoms with E-state index < -0.39 is 0 Å². The normalized spacial score (nSPS) is 11.1. The molecule has 19 heavy (non-hydrogen) atoms. The van der Waals surface area contributed by atoms with E-state index in [1.807, 2.05) is 0 Å². The van der Waals surface area contributed by atoms with E-state index in [-0.39, 0.29) is 0 Å². The second-order valence-corrected chi connectivity index (χ2v) is 5.41. The summed E-state index contributed by atoms with van der Waals surface area (Å²) in [4.78, 5) is 0. The van der Waals surface area contributed by atoms with Crippen molar-refractivity contribution in [2.24, 2.45) is 0 Å². The SMILES string of the molecule is CCCCCCCCCOCCCCOCCCC. The van der Waals surface area contributed by atoms with Gasteiger partial charge in [-0.2, -0.15) is 0 Å². The van der Waals surface area contributed by atoms with Gasteiger partial charge in [0.05, 0.1) is 0 Å². The lowest BCUT2D eigenvalue weighted by Crippen LogP contribution is -2.01. The van der Waals surface area contributed by atoms with Gasteiger partial charge >= 0.3 is 0 Å². The third kappa shape index (κ3) is 17.9. The molecular weight excluding hydrogens is 236 g/mol. The number of hydrogen-bond donors (Lipinski definition) is 0. The fourth-order valence-electron chi connectivity index (χ4n) is 2.02. The summed E-state index contributed by atoms with van der Waals surface area (Å²) in [5, 5.41) is 0. The first-order chi connectivity index (χ1) is 9.41. The molecule has 0 heterocycles. The maximum absolute atomic E-state index is 5.63. The van der Waals surface area contributed by atoms with E-state index in [1.165, 1.54) is 57.8 Å². The molecule has 0 unspecified atom stereocenters. The molecule has 0 rings (SSSR count). The van der Waals surface area contributed by atoms with Crippen LogP contribution in [-0.2, 0) is 9.47 Å². The van der Waals surface area contributed by atoms with Gasteiger partial charge in [-0.05, 0) is 25.7 Å². The highest BCUT2D eigenvalue weighted by Gasteiger charge is 1.93. The zero-order valence-electron chi connectivity index (χ0n) is 13.4. The monoisotopic (exact) mass is 272 g/mol. The summed E-state index contributed by atoms with van der Waals surface area (Å²) in [7, 11) is 0. The average molecular weight is 272 g/mol. The number of hydrogen-bond acceptors (Lipinski definition) is 2. The highest BCUT2D eigenvalue weighted by molar-refractivity contribution is 4.45. The van der Waals surface area contributed by atoms with E-state index in [9.17, 15) is 0 Å². The van der Waals surface area contributed by atoms with Crippen LogP contribution in [0.25, 0.3) is 0 Å². The summed E-state index contributed by atoms with van der Waals surface area (Å²) >= 11 is 0. The van der Waals surface area contributed by atoms with Gasteiger partial charge in [-0.1, -0.05) is 58.8 Å². The van der Waals surface area contributed by atoms with E-state index in [2.05, 4.69) is 13.8 Å². The van der Waals surface area contributed by atoms with E-state index in [0.717, 1.165) is 39.3 Å². The molecule has 0 aromatic heterocycles. The van der Waals surface area contributed by atoms with Gasteiger partial charge < -0.3 is 9.47 Å². The van der Waals surface area contributed by atoms with Crippen molar-refractivity contribution in [3.8, 4) is 0 Å². The third-order valence-electron chi connectivity index (χ3n) is 3.36. The van der Waals surface area contributed by atoms with E-state index in [4.69, 9.17) is 9.47 Å². The molecule has 0 aromatic carbocycles. The molecule has 0 fully saturated rings. The van der Waals surface area contributed by atoms with E-state index >= 15 is 0 Å². The van der Waals surface area contributed by atoms with Crippen LogP contribution in [0.15, 0.2) is 0 Å². The van der Waals surface area contributed by atoms with Crippen molar-refractivity contribution in [3.05, 3.63) is 0 Å². The lowest BCUT2D eigenvalue weighted by Gasteiger charge is -2.05. The van der Waals surface area contributed by atoms with Crippen LogP contribution in [-0.4, -0.2) is 26.4 Å². The summed E-state index contributed by atoms with van der Waals surface area (Å²) in [6, 6.07) is 0. The second kappa shape index (κ2) is 17.9. The van der Waals surface area contributed by atoms with Crippen LogP contribution < -0.4 is 0 Å². The minimum atomic E-state index is 0.904. The van der Waals surface area contributed by atoms with Crippen LogP contribution >= 0.6 is 0 Å². The first-order valence-corrected chi connectivity index (χ1v) is 8.57. The molecule has 116 valence electrons. The fraction of sp³-hybridized carbons (Fsp3) is 1.00. The number of unbranched alkanes of at least 4 members (excludes halogenated alkanes) is 8. The Balaban J connectivity index is 2.88. The van der Waals surface area contributed by atoms with Gasteiger partial charge in [0.25, 0.3) is 0 Å². The fourth-order valence-corrected chi connectivity index (χ4v) is 2.02. The predicted molar refractivity (Wildman–Crippen MR) is 83.8 cm³/mol. The van der Waals surface area contributed by atoms with Crippen molar-refractivity contribution in [1.29, 1.82) is 0 Å². The average Bonchev–Trinajstić information content (AvgIpc) is 2.43. The Bertz CT molecular complexity index is 132. The molecule has 0 radical (unpaired) electrons. The van der Waals surface area contributed by atoms with Crippen LogP contribution in [0, 0.1) is 0 Å². The summed E-state index contributed by atoms with van der Waals surface area (Å²) in [6.07, 6.45) is 14.2. The van der Waals surface area contributed by atoms with Gasteiger partial charge in [0.2, 0.25) is 0 Å². The lowest BCUT2D eigenvalue weighted by atomic mass is 10.1. The Morgan fingerprint density at radius 2 is 0.789 bits per heavy atom. The molecular formula is C17H36O2. The van der Waals surface area contributed by atoms with Gasteiger partial charge in [-0.25, -0.2) is 0 Å². The Kier molecular flexibility index (Phi) is 17.8. The van der Waals surface area contributed by atoms with Gasteiger partial charge in [0.15, 0.2) is 0 Å². The zero-order valence-corrected chi connectivity index (χ0v) is 13.4. The Morgan fingerprint density at radius 1 is 0.421 bits per heavy atom. The lowest BCUT2D eigenvalue weighted by molar-refractivity contribution is 0.0997. The molecule has 0 atom stereocenters. The van der Waals surface area contributed by atoms with Crippen LogP contribution in [0.4, 0.5) is 0 Å². The Hall–Kier alpha value is -0.0800. The Morgan fingerprint density at radius 3 is 1.32 bits per heavy atom.